The lowest BCUT2D eigenvalue weighted by molar-refractivity contribution is -0.148. The van der Waals surface area contributed by atoms with E-state index >= 15 is 0 Å². The van der Waals surface area contributed by atoms with E-state index < -0.39 is 5.54 Å². The Morgan fingerprint density at radius 2 is 2.24 bits per heavy atom. The van der Waals surface area contributed by atoms with Gasteiger partial charge in [-0.3, -0.25) is 4.79 Å². The summed E-state index contributed by atoms with van der Waals surface area (Å²) in [6.07, 6.45) is 2.77. The van der Waals surface area contributed by atoms with Crippen LogP contribution in [0.2, 0.25) is 0 Å². The van der Waals surface area contributed by atoms with E-state index in [0.29, 0.717) is 12.1 Å². The van der Waals surface area contributed by atoms with E-state index in [2.05, 4.69) is 31.1 Å². The normalized spacial score (nSPS) is 29.0. The summed E-state index contributed by atoms with van der Waals surface area (Å²) in [4.78, 5) is 14.3. The molecule has 0 aromatic heterocycles. The molecule has 2 unspecified atom stereocenters. The molecule has 0 radical (unpaired) electrons. The van der Waals surface area contributed by atoms with Crippen molar-refractivity contribution in [1.29, 1.82) is 0 Å². The summed E-state index contributed by atoms with van der Waals surface area (Å²) in [5.74, 6) is -0.112. The van der Waals surface area contributed by atoms with Crippen LogP contribution >= 0.6 is 0 Å². The number of carbonyl (C=O) groups is 1. The molecule has 4 heteroatoms. The van der Waals surface area contributed by atoms with Crippen LogP contribution in [-0.4, -0.2) is 49.2 Å². The van der Waals surface area contributed by atoms with Crippen molar-refractivity contribution in [3.8, 4) is 0 Å². The molecule has 0 amide bonds. The van der Waals surface area contributed by atoms with Gasteiger partial charge in [0.15, 0.2) is 0 Å². The first kappa shape index (κ1) is 14.5. The van der Waals surface area contributed by atoms with Gasteiger partial charge in [-0.15, -0.1) is 0 Å². The number of nitrogens with one attached hydrogen (secondary N) is 1. The Hall–Kier alpha value is -0.610. The summed E-state index contributed by atoms with van der Waals surface area (Å²) in [6.45, 7) is 7.20. The monoisotopic (exact) mass is 242 g/mol. The van der Waals surface area contributed by atoms with E-state index in [-0.39, 0.29) is 5.97 Å². The van der Waals surface area contributed by atoms with Gasteiger partial charge in [-0.2, -0.15) is 0 Å². The molecule has 0 aliphatic heterocycles. The van der Waals surface area contributed by atoms with Gasteiger partial charge in [-0.25, -0.2) is 0 Å². The van der Waals surface area contributed by atoms with E-state index in [0.717, 1.165) is 25.8 Å². The fraction of sp³-hybridized carbons (Fsp3) is 0.923. The minimum Gasteiger partial charge on any atom is -0.468 e. The van der Waals surface area contributed by atoms with Crippen molar-refractivity contribution >= 4 is 5.97 Å². The molecule has 1 fully saturated rings. The van der Waals surface area contributed by atoms with Crippen molar-refractivity contribution in [3.05, 3.63) is 0 Å². The third-order valence-corrected chi connectivity index (χ3v) is 3.97. The van der Waals surface area contributed by atoms with Gasteiger partial charge in [-0.1, -0.05) is 6.92 Å². The van der Waals surface area contributed by atoms with Crippen molar-refractivity contribution in [2.75, 3.05) is 20.7 Å². The number of esters is 1. The Labute approximate surface area is 105 Å². The minimum absolute atomic E-state index is 0.112. The molecule has 2 atom stereocenters. The van der Waals surface area contributed by atoms with Crippen LogP contribution in [0.1, 0.15) is 40.0 Å². The maximum Gasteiger partial charge on any atom is 0.326 e. The molecule has 1 aliphatic rings. The molecular formula is C13H26N2O2. The Balaban J connectivity index is 2.74. The number of rotatable bonds is 5. The standard InChI is InChI=1S/C13H26N2O2/c1-6-14-13(12(16)17-5)8-7-11(9-13)15(4)10(2)3/h10-11,14H,6-9H2,1-5H3. The lowest BCUT2D eigenvalue weighted by Crippen LogP contribution is -2.52. The number of carbonyl (C=O) groups excluding carboxylic acids is 1. The molecule has 1 rings (SSSR count). The van der Waals surface area contributed by atoms with Crippen LogP contribution < -0.4 is 5.32 Å². The average Bonchev–Trinajstić information content (AvgIpc) is 2.72. The number of likely N-dealkylation sites (N-methyl/N-ethyl adjacent to an activating group) is 1. The summed E-state index contributed by atoms with van der Waals surface area (Å²) < 4.78 is 4.96. The second kappa shape index (κ2) is 5.83. The predicted molar refractivity (Wildman–Crippen MR) is 69.0 cm³/mol. The van der Waals surface area contributed by atoms with E-state index in [4.69, 9.17) is 4.74 Å². The van der Waals surface area contributed by atoms with Crippen LogP contribution in [0.3, 0.4) is 0 Å². The maximum atomic E-state index is 12.0. The molecule has 0 bridgehead atoms. The zero-order valence-corrected chi connectivity index (χ0v) is 11.7. The van der Waals surface area contributed by atoms with E-state index in [1.54, 1.807) is 0 Å². The van der Waals surface area contributed by atoms with Gasteiger partial charge in [0.05, 0.1) is 7.11 Å². The van der Waals surface area contributed by atoms with Crippen LogP contribution in [0.5, 0.6) is 0 Å². The number of ether oxygens (including phenoxy) is 1. The number of hydrogen-bond donors (Lipinski definition) is 1. The van der Waals surface area contributed by atoms with Crippen molar-refractivity contribution < 1.29 is 9.53 Å². The fourth-order valence-electron chi connectivity index (χ4n) is 2.74. The largest absolute Gasteiger partial charge is 0.468 e. The van der Waals surface area contributed by atoms with Crippen molar-refractivity contribution in [2.45, 2.75) is 57.7 Å². The van der Waals surface area contributed by atoms with Gasteiger partial charge in [0.1, 0.15) is 5.54 Å². The molecule has 100 valence electrons. The van der Waals surface area contributed by atoms with Crippen LogP contribution in [-0.2, 0) is 9.53 Å². The SMILES string of the molecule is CCNC1(C(=O)OC)CCC(N(C)C(C)C)C1. The maximum absolute atomic E-state index is 12.0. The first-order valence-corrected chi connectivity index (χ1v) is 6.52. The van der Waals surface area contributed by atoms with Crippen LogP contribution in [0.15, 0.2) is 0 Å². The highest BCUT2D eigenvalue weighted by molar-refractivity contribution is 5.81. The molecule has 1 aliphatic carbocycles. The zero-order chi connectivity index (χ0) is 13.1. The van der Waals surface area contributed by atoms with E-state index in [9.17, 15) is 4.79 Å². The third-order valence-electron chi connectivity index (χ3n) is 3.97. The van der Waals surface area contributed by atoms with Crippen molar-refractivity contribution in [3.63, 3.8) is 0 Å². The molecule has 0 heterocycles. The smallest absolute Gasteiger partial charge is 0.326 e. The van der Waals surface area contributed by atoms with Crippen molar-refractivity contribution in [2.24, 2.45) is 0 Å². The predicted octanol–water partition coefficient (Wildman–Crippen LogP) is 1.40. The third kappa shape index (κ3) is 2.99. The summed E-state index contributed by atoms with van der Waals surface area (Å²) in [5.41, 5.74) is -0.461. The first-order chi connectivity index (χ1) is 7.96. The highest BCUT2D eigenvalue weighted by Crippen LogP contribution is 2.34. The number of hydrogen-bond acceptors (Lipinski definition) is 4. The molecule has 0 spiro atoms. The molecule has 4 nitrogen and oxygen atoms in total. The second-order valence-electron chi connectivity index (χ2n) is 5.26. The van der Waals surface area contributed by atoms with Gasteiger partial charge in [0.25, 0.3) is 0 Å². The Morgan fingerprint density at radius 3 is 2.71 bits per heavy atom. The lowest BCUT2D eigenvalue weighted by Gasteiger charge is -2.31. The molecule has 0 saturated heterocycles. The van der Waals surface area contributed by atoms with Gasteiger partial charge < -0.3 is 15.0 Å². The van der Waals surface area contributed by atoms with Gasteiger partial charge in [-0.05, 0) is 46.7 Å². The van der Waals surface area contributed by atoms with Crippen molar-refractivity contribution in [1.82, 2.24) is 10.2 Å². The fourth-order valence-corrected chi connectivity index (χ4v) is 2.74. The molecule has 0 aromatic rings. The summed E-state index contributed by atoms with van der Waals surface area (Å²) in [6, 6.07) is 0.975. The second-order valence-corrected chi connectivity index (χ2v) is 5.26. The Kier molecular flexibility index (Phi) is 4.95. The number of nitrogens with zero attached hydrogens (tertiary/aromatic N) is 1. The lowest BCUT2D eigenvalue weighted by atomic mass is 9.97. The highest BCUT2D eigenvalue weighted by atomic mass is 16.5. The topological polar surface area (TPSA) is 41.6 Å². The van der Waals surface area contributed by atoms with E-state index in [1.165, 1.54) is 7.11 Å². The van der Waals surface area contributed by atoms with Crippen LogP contribution in [0.25, 0.3) is 0 Å². The minimum atomic E-state index is -0.461. The van der Waals surface area contributed by atoms with Crippen LogP contribution in [0, 0.1) is 0 Å². The summed E-state index contributed by atoms with van der Waals surface area (Å²) in [7, 11) is 3.61. The zero-order valence-electron chi connectivity index (χ0n) is 11.7. The Morgan fingerprint density at radius 1 is 1.59 bits per heavy atom. The quantitative estimate of drug-likeness (QED) is 0.740. The summed E-state index contributed by atoms with van der Waals surface area (Å²) in [5, 5.41) is 3.33. The molecule has 0 aromatic carbocycles. The van der Waals surface area contributed by atoms with Crippen LogP contribution in [0.4, 0.5) is 0 Å². The summed E-state index contributed by atoms with van der Waals surface area (Å²) >= 11 is 0. The molecule has 17 heavy (non-hydrogen) atoms. The van der Waals surface area contributed by atoms with Gasteiger partial charge in [0.2, 0.25) is 0 Å². The first-order valence-electron chi connectivity index (χ1n) is 6.52. The number of methoxy groups -OCH3 is 1. The van der Waals surface area contributed by atoms with Gasteiger partial charge in [0, 0.05) is 12.1 Å². The molecule has 1 N–H and O–H groups in total. The Bertz CT molecular complexity index is 268. The average molecular weight is 242 g/mol. The molecule has 1 saturated carbocycles. The van der Waals surface area contributed by atoms with Gasteiger partial charge >= 0.3 is 5.97 Å². The highest BCUT2D eigenvalue weighted by Gasteiger charge is 2.46. The molecular weight excluding hydrogens is 216 g/mol. The van der Waals surface area contributed by atoms with E-state index in [1.807, 2.05) is 6.92 Å².